The molecule has 0 saturated heterocycles. The van der Waals surface area contributed by atoms with Crippen LogP contribution in [0, 0.1) is 0 Å². The van der Waals surface area contributed by atoms with E-state index in [0.29, 0.717) is 23.0 Å². The predicted octanol–water partition coefficient (Wildman–Crippen LogP) is 2.26. The van der Waals surface area contributed by atoms with Gasteiger partial charge >= 0.3 is 5.97 Å². The zero-order valence-corrected chi connectivity index (χ0v) is 13.0. The predicted molar refractivity (Wildman–Crippen MR) is 83.7 cm³/mol. The quantitative estimate of drug-likeness (QED) is 0.657. The first kappa shape index (κ1) is 15.3. The second-order valence-corrected chi connectivity index (χ2v) is 5.01. The molecular weight excluding hydrogens is 288 g/mol. The lowest BCUT2D eigenvalue weighted by Gasteiger charge is -2.29. The van der Waals surface area contributed by atoms with Crippen LogP contribution in [0.4, 0.5) is 0 Å². The lowest BCUT2D eigenvalue weighted by molar-refractivity contribution is 0.0526. The molecule has 1 aliphatic heterocycles. The van der Waals surface area contributed by atoms with Gasteiger partial charge in [0.25, 0.3) is 0 Å². The van der Waals surface area contributed by atoms with Crippen molar-refractivity contribution >= 4 is 23.2 Å². The number of nitrogens with one attached hydrogen (secondary N) is 2. The van der Waals surface area contributed by atoms with Gasteiger partial charge in [-0.15, -0.1) is 0 Å². The third-order valence-electron chi connectivity index (χ3n) is 3.16. The van der Waals surface area contributed by atoms with Gasteiger partial charge in [-0.1, -0.05) is 24.4 Å². The number of rotatable bonds is 4. The Hall–Kier alpha value is -2.08. The minimum atomic E-state index is -0.320. The van der Waals surface area contributed by atoms with Gasteiger partial charge in [0.1, 0.15) is 11.0 Å². The Morgan fingerprint density at radius 1 is 1.33 bits per heavy atom. The number of thiocarbonyl (C=S) groups is 1. The molecule has 6 heteroatoms. The van der Waals surface area contributed by atoms with Gasteiger partial charge < -0.3 is 20.1 Å². The summed E-state index contributed by atoms with van der Waals surface area (Å²) < 4.78 is 10.2. The number of hydrogen-bond acceptors (Lipinski definition) is 5. The molecule has 1 aliphatic rings. The van der Waals surface area contributed by atoms with Gasteiger partial charge in [-0.05, 0) is 31.5 Å². The van der Waals surface area contributed by atoms with Gasteiger partial charge in [0.05, 0.1) is 25.0 Å². The molecule has 1 aromatic carbocycles. The fourth-order valence-electron chi connectivity index (χ4n) is 2.09. The topological polar surface area (TPSA) is 59.6 Å². The first-order valence-electron chi connectivity index (χ1n) is 6.66. The van der Waals surface area contributed by atoms with Gasteiger partial charge in [-0.3, -0.25) is 0 Å². The number of hydrogen-bond donors (Lipinski definition) is 2. The summed E-state index contributed by atoms with van der Waals surface area (Å²) in [4.78, 5) is 12.3. The van der Waals surface area contributed by atoms with Crippen molar-refractivity contribution in [3.63, 3.8) is 0 Å². The summed E-state index contributed by atoms with van der Waals surface area (Å²) in [6, 6.07) is 7.06. The van der Waals surface area contributed by atoms with Crippen LogP contribution in [0.2, 0.25) is 0 Å². The van der Waals surface area contributed by atoms with E-state index in [-0.39, 0.29) is 12.0 Å². The minimum absolute atomic E-state index is 0.143. The van der Waals surface area contributed by atoms with Crippen LogP contribution in [0.5, 0.6) is 0 Å². The number of allylic oxidation sites excluding steroid dienone is 1. The zero-order chi connectivity index (χ0) is 15.4. The Balaban J connectivity index is 2.18. The van der Waals surface area contributed by atoms with E-state index in [0.717, 1.165) is 11.3 Å². The largest absolute Gasteiger partial charge is 0.481 e. The molecule has 0 aromatic heterocycles. The molecule has 0 unspecified atom stereocenters. The van der Waals surface area contributed by atoms with Crippen LogP contribution >= 0.6 is 12.2 Å². The highest BCUT2D eigenvalue weighted by Gasteiger charge is 2.24. The van der Waals surface area contributed by atoms with Crippen LogP contribution in [0.15, 0.2) is 35.8 Å². The normalized spacial score (nSPS) is 17.9. The SMILES string of the molecule is CCOC(=O)c1ccc([C@@H]2NC(C)=C(OC)NC2=S)cc1. The van der Waals surface area contributed by atoms with E-state index in [1.165, 1.54) is 0 Å². The zero-order valence-electron chi connectivity index (χ0n) is 12.2. The molecule has 0 bridgehead atoms. The summed E-state index contributed by atoms with van der Waals surface area (Å²) in [6.45, 7) is 4.06. The van der Waals surface area contributed by atoms with Crippen molar-refractivity contribution < 1.29 is 14.3 Å². The Bertz CT molecular complexity index is 581. The molecule has 1 heterocycles. The molecule has 0 amide bonds. The molecule has 1 atom stereocenters. The summed E-state index contributed by atoms with van der Waals surface area (Å²) in [5.74, 6) is 0.304. The Morgan fingerprint density at radius 2 is 2.00 bits per heavy atom. The van der Waals surface area contributed by atoms with Gasteiger partial charge in [-0.25, -0.2) is 4.79 Å². The molecule has 0 radical (unpaired) electrons. The Morgan fingerprint density at radius 3 is 2.57 bits per heavy atom. The van der Waals surface area contributed by atoms with E-state index in [1.807, 2.05) is 19.1 Å². The molecule has 5 nitrogen and oxygen atoms in total. The van der Waals surface area contributed by atoms with Crippen molar-refractivity contribution in [2.45, 2.75) is 19.9 Å². The van der Waals surface area contributed by atoms with Crippen LogP contribution in [-0.2, 0) is 9.47 Å². The number of esters is 1. The maximum Gasteiger partial charge on any atom is 0.338 e. The average Bonchev–Trinajstić information content (AvgIpc) is 2.49. The van der Waals surface area contributed by atoms with Crippen molar-refractivity contribution in [2.24, 2.45) is 0 Å². The van der Waals surface area contributed by atoms with Gasteiger partial charge in [0.15, 0.2) is 0 Å². The third kappa shape index (κ3) is 3.33. The van der Waals surface area contributed by atoms with E-state index < -0.39 is 0 Å². The molecule has 2 N–H and O–H groups in total. The molecule has 0 saturated carbocycles. The molecule has 1 aromatic rings. The number of ether oxygens (including phenoxy) is 2. The lowest BCUT2D eigenvalue weighted by atomic mass is 10.0. The maximum absolute atomic E-state index is 11.6. The summed E-state index contributed by atoms with van der Waals surface area (Å²) in [6.07, 6.45) is 0. The summed E-state index contributed by atoms with van der Waals surface area (Å²) in [7, 11) is 1.59. The van der Waals surface area contributed by atoms with E-state index in [1.54, 1.807) is 26.2 Å². The summed E-state index contributed by atoms with van der Waals surface area (Å²) in [5.41, 5.74) is 2.38. The van der Waals surface area contributed by atoms with Crippen LogP contribution in [0.1, 0.15) is 35.8 Å². The highest BCUT2D eigenvalue weighted by molar-refractivity contribution is 7.80. The Labute approximate surface area is 129 Å². The molecule has 21 heavy (non-hydrogen) atoms. The van der Waals surface area contributed by atoms with E-state index in [9.17, 15) is 4.79 Å². The highest BCUT2D eigenvalue weighted by Crippen LogP contribution is 2.21. The van der Waals surface area contributed by atoms with Crippen LogP contribution < -0.4 is 10.6 Å². The van der Waals surface area contributed by atoms with Crippen molar-refractivity contribution in [1.29, 1.82) is 0 Å². The number of benzene rings is 1. The second kappa shape index (κ2) is 6.58. The van der Waals surface area contributed by atoms with Gasteiger partial charge in [-0.2, -0.15) is 0 Å². The van der Waals surface area contributed by atoms with Gasteiger partial charge in [0.2, 0.25) is 5.88 Å². The van der Waals surface area contributed by atoms with Crippen molar-refractivity contribution in [3.8, 4) is 0 Å². The molecule has 0 aliphatic carbocycles. The standard InChI is InChI=1S/C15H18N2O3S/c1-4-20-15(18)11-7-5-10(6-8-11)12-14(21)17-13(19-3)9(2)16-12/h5-8,12,16H,4H2,1-3H3,(H,17,21)/t12-/m0/s1. The van der Waals surface area contributed by atoms with E-state index in [2.05, 4.69) is 10.6 Å². The molecule has 0 spiro atoms. The average molecular weight is 306 g/mol. The van der Waals surface area contributed by atoms with Crippen LogP contribution in [0.3, 0.4) is 0 Å². The number of methoxy groups -OCH3 is 1. The van der Waals surface area contributed by atoms with E-state index >= 15 is 0 Å². The molecular formula is C15H18N2O3S. The Kier molecular flexibility index (Phi) is 4.80. The fraction of sp³-hybridized carbons (Fsp3) is 0.333. The molecule has 0 fully saturated rings. The second-order valence-electron chi connectivity index (χ2n) is 4.57. The van der Waals surface area contributed by atoms with Crippen molar-refractivity contribution in [2.75, 3.05) is 13.7 Å². The van der Waals surface area contributed by atoms with Crippen molar-refractivity contribution in [1.82, 2.24) is 10.6 Å². The maximum atomic E-state index is 11.6. The lowest BCUT2D eigenvalue weighted by Crippen LogP contribution is -2.42. The fourth-order valence-corrected chi connectivity index (χ4v) is 2.38. The van der Waals surface area contributed by atoms with Crippen LogP contribution in [0.25, 0.3) is 0 Å². The smallest absolute Gasteiger partial charge is 0.338 e. The summed E-state index contributed by atoms with van der Waals surface area (Å²) in [5, 5.41) is 6.35. The van der Waals surface area contributed by atoms with Crippen molar-refractivity contribution in [3.05, 3.63) is 47.0 Å². The molecule has 2 rings (SSSR count). The molecule has 112 valence electrons. The number of carbonyl (C=O) groups is 1. The third-order valence-corrected chi connectivity index (χ3v) is 3.50. The first-order chi connectivity index (χ1) is 10.1. The summed E-state index contributed by atoms with van der Waals surface area (Å²) >= 11 is 5.35. The monoisotopic (exact) mass is 306 g/mol. The van der Waals surface area contributed by atoms with Gasteiger partial charge in [0, 0.05) is 0 Å². The first-order valence-corrected chi connectivity index (χ1v) is 7.07. The highest BCUT2D eigenvalue weighted by atomic mass is 32.1. The van der Waals surface area contributed by atoms with Crippen LogP contribution in [-0.4, -0.2) is 24.7 Å². The van der Waals surface area contributed by atoms with E-state index in [4.69, 9.17) is 21.7 Å². The minimum Gasteiger partial charge on any atom is -0.481 e. The number of carbonyl (C=O) groups excluding carboxylic acids is 1.